The number of ketones is 1. The number of carbonyl (C=O) groups is 2. The molecular weight excluding hydrogens is 244 g/mol. The third kappa shape index (κ3) is 2.11. The summed E-state index contributed by atoms with van der Waals surface area (Å²) in [7, 11) is 1.54. The molecule has 0 radical (unpaired) electrons. The number of benzene rings is 1. The van der Waals surface area contributed by atoms with Gasteiger partial charge >= 0.3 is 5.97 Å². The van der Waals surface area contributed by atoms with Gasteiger partial charge in [0.15, 0.2) is 5.78 Å². The molecule has 1 unspecified atom stereocenters. The zero-order valence-electron chi connectivity index (χ0n) is 11.5. The SMILES string of the molecule is CCOC(=O)C1(C)CCC(=O)c2cccc(OC)c21. The highest BCUT2D eigenvalue weighted by Crippen LogP contribution is 2.43. The molecule has 2 rings (SSSR count). The second kappa shape index (κ2) is 5.03. The van der Waals surface area contributed by atoms with E-state index in [9.17, 15) is 9.59 Å². The lowest BCUT2D eigenvalue weighted by Gasteiger charge is -2.34. The smallest absolute Gasteiger partial charge is 0.316 e. The van der Waals surface area contributed by atoms with Gasteiger partial charge in [0.1, 0.15) is 5.75 Å². The van der Waals surface area contributed by atoms with Crippen molar-refractivity contribution >= 4 is 11.8 Å². The number of rotatable bonds is 3. The van der Waals surface area contributed by atoms with Gasteiger partial charge in [-0.3, -0.25) is 9.59 Å². The van der Waals surface area contributed by atoms with Crippen LogP contribution in [0.5, 0.6) is 5.75 Å². The Bertz CT molecular complexity index is 521. The van der Waals surface area contributed by atoms with E-state index in [1.807, 2.05) is 6.92 Å². The minimum Gasteiger partial charge on any atom is -0.496 e. The number of esters is 1. The lowest BCUT2D eigenvalue weighted by molar-refractivity contribution is -0.150. The van der Waals surface area contributed by atoms with E-state index in [0.29, 0.717) is 36.3 Å². The third-order valence-corrected chi connectivity index (χ3v) is 3.68. The molecule has 1 aromatic rings. The topological polar surface area (TPSA) is 52.6 Å². The Kier molecular flexibility index (Phi) is 3.60. The average Bonchev–Trinajstić information content (AvgIpc) is 2.42. The van der Waals surface area contributed by atoms with Gasteiger partial charge in [0, 0.05) is 17.5 Å². The van der Waals surface area contributed by atoms with Crippen molar-refractivity contribution in [2.45, 2.75) is 32.1 Å². The van der Waals surface area contributed by atoms with E-state index in [1.165, 1.54) is 0 Å². The number of methoxy groups -OCH3 is 1. The molecule has 19 heavy (non-hydrogen) atoms. The molecule has 0 aromatic heterocycles. The number of hydrogen-bond acceptors (Lipinski definition) is 4. The summed E-state index contributed by atoms with van der Waals surface area (Å²) in [5.41, 5.74) is 0.416. The minimum atomic E-state index is -0.814. The van der Waals surface area contributed by atoms with Gasteiger partial charge in [-0.25, -0.2) is 0 Å². The Morgan fingerprint density at radius 2 is 2.16 bits per heavy atom. The summed E-state index contributed by atoms with van der Waals surface area (Å²) in [5.74, 6) is 0.324. The normalized spacial score (nSPS) is 21.7. The quantitative estimate of drug-likeness (QED) is 0.785. The van der Waals surface area contributed by atoms with Crippen LogP contribution in [0.2, 0.25) is 0 Å². The Labute approximate surface area is 112 Å². The van der Waals surface area contributed by atoms with E-state index in [0.717, 1.165) is 0 Å². The minimum absolute atomic E-state index is 0.0515. The van der Waals surface area contributed by atoms with E-state index < -0.39 is 5.41 Å². The molecule has 4 heteroatoms. The van der Waals surface area contributed by atoms with Crippen molar-refractivity contribution in [3.05, 3.63) is 29.3 Å². The van der Waals surface area contributed by atoms with Crippen LogP contribution in [-0.2, 0) is 14.9 Å². The van der Waals surface area contributed by atoms with Crippen LogP contribution in [0.4, 0.5) is 0 Å². The molecule has 102 valence electrons. The van der Waals surface area contributed by atoms with Gasteiger partial charge in [-0.2, -0.15) is 0 Å². The molecule has 1 atom stereocenters. The van der Waals surface area contributed by atoms with Crippen LogP contribution in [0.1, 0.15) is 42.6 Å². The van der Waals surface area contributed by atoms with E-state index in [2.05, 4.69) is 0 Å². The third-order valence-electron chi connectivity index (χ3n) is 3.68. The number of fused-ring (bicyclic) bond motifs is 1. The molecule has 1 aliphatic rings. The predicted molar refractivity (Wildman–Crippen MR) is 70.5 cm³/mol. The first kappa shape index (κ1) is 13.6. The van der Waals surface area contributed by atoms with Gasteiger partial charge < -0.3 is 9.47 Å². The highest BCUT2D eigenvalue weighted by Gasteiger charge is 2.44. The molecule has 0 heterocycles. The second-order valence-corrected chi connectivity index (χ2v) is 4.86. The fraction of sp³-hybridized carbons (Fsp3) is 0.467. The molecule has 0 saturated heterocycles. The summed E-state index contributed by atoms with van der Waals surface area (Å²) in [4.78, 5) is 24.3. The van der Waals surface area contributed by atoms with Crippen LogP contribution in [0.15, 0.2) is 18.2 Å². The summed E-state index contributed by atoms with van der Waals surface area (Å²) in [6.45, 7) is 3.92. The van der Waals surface area contributed by atoms with Crippen LogP contribution >= 0.6 is 0 Å². The number of carbonyl (C=O) groups excluding carboxylic acids is 2. The van der Waals surface area contributed by atoms with E-state index in [-0.39, 0.29) is 11.8 Å². The molecule has 0 amide bonds. The first-order chi connectivity index (χ1) is 9.04. The summed E-state index contributed by atoms with van der Waals surface area (Å²) in [6.07, 6.45) is 0.813. The first-order valence-corrected chi connectivity index (χ1v) is 6.42. The van der Waals surface area contributed by atoms with Crippen molar-refractivity contribution in [2.24, 2.45) is 0 Å². The van der Waals surface area contributed by atoms with Crippen LogP contribution in [0.25, 0.3) is 0 Å². The highest BCUT2D eigenvalue weighted by atomic mass is 16.5. The van der Waals surface area contributed by atoms with Gasteiger partial charge in [-0.1, -0.05) is 12.1 Å². The molecule has 0 spiro atoms. The number of hydrogen-bond donors (Lipinski definition) is 0. The Balaban J connectivity index is 2.61. The maximum atomic E-state index is 12.3. The van der Waals surface area contributed by atoms with Crippen molar-refractivity contribution in [1.29, 1.82) is 0 Å². The Hall–Kier alpha value is -1.84. The van der Waals surface area contributed by atoms with Gasteiger partial charge in [0.25, 0.3) is 0 Å². The lowest BCUT2D eigenvalue weighted by Crippen LogP contribution is -2.39. The molecule has 0 fully saturated rings. The van der Waals surface area contributed by atoms with E-state index in [1.54, 1.807) is 32.2 Å². The van der Waals surface area contributed by atoms with Crippen LogP contribution in [0.3, 0.4) is 0 Å². The lowest BCUT2D eigenvalue weighted by atomic mass is 9.70. The first-order valence-electron chi connectivity index (χ1n) is 6.42. The molecule has 0 N–H and O–H groups in total. The highest BCUT2D eigenvalue weighted by molar-refractivity contribution is 6.03. The molecular formula is C15H18O4. The maximum Gasteiger partial charge on any atom is 0.316 e. The zero-order valence-corrected chi connectivity index (χ0v) is 11.5. The second-order valence-electron chi connectivity index (χ2n) is 4.86. The van der Waals surface area contributed by atoms with Crippen molar-refractivity contribution in [2.75, 3.05) is 13.7 Å². The van der Waals surface area contributed by atoms with Crippen molar-refractivity contribution in [1.82, 2.24) is 0 Å². The van der Waals surface area contributed by atoms with Crippen molar-refractivity contribution in [3.8, 4) is 5.75 Å². The van der Waals surface area contributed by atoms with Gasteiger partial charge in [-0.15, -0.1) is 0 Å². The van der Waals surface area contributed by atoms with Gasteiger partial charge in [0.05, 0.1) is 19.1 Å². The summed E-state index contributed by atoms with van der Waals surface area (Å²) >= 11 is 0. The largest absolute Gasteiger partial charge is 0.496 e. The molecule has 0 aliphatic heterocycles. The Morgan fingerprint density at radius 1 is 1.42 bits per heavy atom. The number of Topliss-reactive ketones (excluding diaryl/α,β-unsaturated/α-hetero) is 1. The summed E-state index contributed by atoms with van der Waals surface area (Å²) < 4.78 is 10.5. The Morgan fingerprint density at radius 3 is 2.79 bits per heavy atom. The van der Waals surface area contributed by atoms with Crippen LogP contribution in [-0.4, -0.2) is 25.5 Å². The van der Waals surface area contributed by atoms with Crippen LogP contribution in [0, 0.1) is 0 Å². The van der Waals surface area contributed by atoms with E-state index in [4.69, 9.17) is 9.47 Å². The fourth-order valence-corrected chi connectivity index (χ4v) is 2.62. The molecule has 0 saturated carbocycles. The summed E-state index contributed by atoms with van der Waals surface area (Å²) in [6, 6.07) is 5.29. The van der Waals surface area contributed by atoms with Crippen molar-refractivity contribution < 1.29 is 19.1 Å². The van der Waals surface area contributed by atoms with Crippen molar-refractivity contribution in [3.63, 3.8) is 0 Å². The standard InChI is InChI=1S/C15H18O4/c1-4-19-14(17)15(2)9-8-11(16)10-6-5-7-12(18-3)13(10)15/h5-7H,4,8-9H2,1-3H3. The maximum absolute atomic E-state index is 12.3. The molecule has 4 nitrogen and oxygen atoms in total. The predicted octanol–water partition coefficient (Wildman–Crippen LogP) is 2.49. The monoisotopic (exact) mass is 262 g/mol. The average molecular weight is 262 g/mol. The summed E-state index contributed by atoms with van der Waals surface area (Å²) in [5, 5.41) is 0. The fourth-order valence-electron chi connectivity index (χ4n) is 2.62. The van der Waals surface area contributed by atoms with E-state index >= 15 is 0 Å². The van der Waals surface area contributed by atoms with Gasteiger partial charge in [-0.05, 0) is 26.3 Å². The molecule has 1 aromatic carbocycles. The van der Waals surface area contributed by atoms with Crippen LogP contribution < -0.4 is 4.74 Å². The molecule has 1 aliphatic carbocycles. The number of ether oxygens (including phenoxy) is 2. The molecule has 0 bridgehead atoms. The van der Waals surface area contributed by atoms with Gasteiger partial charge in [0.2, 0.25) is 0 Å². The zero-order chi connectivity index (χ0) is 14.0.